The van der Waals surface area contributed by atoms with Gasteiger partial charge in [0.05, 0.1) is 0 Å². The molecule has 1 heterocycles. The summed E-state index contributed by atoms with van der Waals surface area (Å²) in [7, 11) is 0. The first-order valence-corrected chi connectivity index (χ1v) is 6.23. The van der Waals surface area contributed by atoms with Gasteiger partial charge in [-0.1, -0.05) is 29.8 Å². The van der Waals surface area contributed by atoms with E-state index in [1.807, 2.05) is 6.07 Å². The second-order valence-electron chi connectivity index (χ2n) is 5.72. The van der Waals surface area contributed by atoms with Crippen molar-refractivity contribution >= 4 is 15.9 Å². The van der Waals surface area contributed by atoms with Gasteiger partial charge in [-0.05, 0) is 37.8 Å². The number of ether oxygens (including phenoxy) is 1. The third-order valence-electron chi connectivity index (χ3n) is 3.01. The molecule has 2 rings (SSSR count). The standard InChI is InChI=1S/C13H17BrO2/c1-12(2)7-13(3,4)16-11-9(12)5-8(14)6-10(11)15/h5-6,15H,7H2,1-4H3. The maximum absolute atomic E-state index is 9.95. The molecule has 0 fully saturated rings. The fraction of sp³-hybridized carbons (Fsp3) is 0.538. The first-order chi connectivity index (χ1) is 7.21. The van der Waals surface area contributed by atoms with Crippen LogP contribution in [0.15, 0.2) is 16.6 Å². The van der Waals surface area contributed by atoms with Gasteiger partial charge in [0, 0.05) is 10.0 Å². The van der Waals surface area contributed by atoms with Gasteiger partial charge in [0.15, 0.2) is 11.5 Å². The number of halogens is 1. The topological polar surface area (TPSA) is 29.5 Å². The van der Waals surface area contributed by atoms with E-state index in [1.165, 1.54) is 0 Å². The molecular weight excluding hydrogens is 268 g/mol. The smallest absolute Gasteiger partial charge is 0.165 e. The minimum Gasteiger partial charge on any atom is -0.504 e. The molecule has 0 saturated carbocycles. The van der Waals surface area contributed by atoms with Crippen molar-refractivity contribution in [3.8, 4) is 11.5 Å². The highest BCUT2D eigenvalue weighted by Gasteiger charge is 2.40. The van der Waals surface area contributed by atoms with Crippen molar-refractivity contribution < 1.29 is 9.84 Å². The predicted molar refractivity (Wildman–Crippen MR) is 68.2 cm³/mol. The molecule has 3 heteroatoms. The lowest BCUT2D eigenvalue weighted by molar-refractivity contribution is 0.0499. The van der Waals surface area contributed by atoms with Gasteiger partial charge in [0.25, 0.3) is 0 Å². The zero-order valence-electron chi connectivity index (χ0n) is 10.1. The van der Waals surface area contributed by atoms with Crippen LogP contribution in [0.1, 0.15) is 39.7 Å². The van der Waals surface area contributed by atoms with E-state index in [-0.39, 0.29) is 16.8 Å². The van der Waals surface area contributed by atoms with E-state index < -0.39 is 0 Å². The summed E-state index contributed by atoms with van der Waals surface area (Å²) in [5.41, 5.74) is 0.846. The number of hydrogen-bond acceptors (Lipinski definition) is 2. The zero-order valence-corrected chi connectivity index (χ0v) is 11.7. The molecule has 0 spiro atoms. The third kappa shape index (κ3) is 1.93. The normalized spacial score (nSPS) is 21.1. The highest BCUT2D eigenvalue weighted by molar-refractivity contribution is 9.10. The molecule has 0 atom stereocenters. The number of aromatic hydroxyl groups is 1. The second-order valence-corrected chi connectivity index (χ2v) is 6.64. The number of rotatable bonds is 0. The highest BCUT2D eigenvalue weighted by atomic mass is 79.9. The molecule has 1 aliphatic rings. The Morgan fingerprint density at radius 2 is 1.88 bits per heavy atom. The SMILES string of the molecule is CC1(C)CC(C)(C)c2cc(Br)cc(O)c2O1. The molecule has 1 aromatic rings. The molecule has 0 bridgehead atoms. The lowest BCUT2D eigenvalue weighted by atomic mass is 9.73. The van der Waals surface area contributed by atoms with Crippen LogP contribution in [0, 0.1) is 0 Å². The molecule has 1 N–H and O–H groups in total. The zero-order chi connectivity index (χ0) is 12.1. The van der Waals surface area contributed by atoms with Gasteiger partial charge in [-0.15, -0.1) is 0 Å². The van der Waals surface area contributed by atoms with Crippen LogP contribution in [0.2, 0.25) is 0 Å². The molecule has 0 aliphatic carbocycles. The Bertz CT molecular complexity index is 436. The average Bonchev–Trinajstić information content (AvgIpc) is 2.05. The van der Waals surface area contributed by atoms with Gasteiger partial charge in [0.1, 0.15) is 5.60 Å². The Hall–Kier alpha value is -0.700. The number of fused-ring (bicyclic) bond motifs is 1. The van der Waals surface area contributed by atoms with E-state index in [1.54, 1.807) is 6.07 Å². The number of phenols is 1. The summed E-state index contributed by atoms with van der Waals surface area (Å²) < 4.78 is 6.76. The minimum absolute atomic E-state index is 0.0122. The molecule has 16 heavy (non-hydrogen) atoms. The van der Waals surface area contributed by atoms with Gasteiger partial charge >= 0.3 is 0 Å². The van der Waals surface area contributed by atoms with Crippen LogP contribution in [0.4, 0.5) is 0 Å². The fourth-order valence-electron chi connectivity index (χ4n) is 2.66. The number of benzene rings is 1. The molecular formula is C13H17BrO2. The highest BCUT2D eigenvalue weighted by Crippen LogP contribution is 2.49. The molecule has 0 radical (unpaired) electrons. The van der Waals surface area contributed by atoms with Crippen molar-refractivity contribution in [2.75, 3.05) is 0 Å². The van der Waals surface area contributed by atoms with E-state index in [0.717, 1.165) is 16.5 Å². The van der Waals surface area contributed by atoms with Gasteiger partial charge in [0.2, 0.25) is 0 Å². The molecule has 0 amide bonds. The van der Waals surface area contributed by atoms with Gasteiger partial charge in [-0.2, -0.15) is 0 Å². The molecule has 0 saturated heterocycles. The Morgan fingerprint density at radius 3 is 2.50 bits per heavy atom. The van der Waals surface area contributed by atoms with Crippen molar-refractivity contribution in [2.24, 2.45) is 0 Å². The van der Waals surface area contributed by atoms with Crippen molar-refractivity contribution in [3.63, 3.8) is 0 Å². The average molecular weight is 285 g/mol. The summed E-state index contributed by atoms with van der Waals surface area (Å²) in [5.74, 6) is 0.842. The second kappa shape index (κ2) is 3.39. The lowest BCUT2D eigenvalue weighted by Gasteiger charge is -2.42. The van der Waals surface area contributed by atoms with Crippen molar-refractivity contribution in [3.05, 3.63) is 22.2 Å². The van der Waals surface area contributed by atoms with Gasteiger partial charge in [-0.3, -0.25) is 0 Å². The summed E-state index contributed by atoms with van der Waals surface area (Å²) in [5, 5.41) is 9.95. The quantitative estimate of drug-likeness (QED) is 0.781. The third-order valence-corrected chi connectivity index (χ3v) is 3.47. The molecule has 2 nitrogen and oxygen atoms in total. The van der Waals surface area contributed by atoms with Crippen LogP contribution in [-0.2, 0) is 5.41 Å². The first-order valence-electron chi connectivity index (χ1n) is 5.43. The Kier molecular flexibility index (Phi) is 2.50. The van der Waals surface area contributed by atoms with Crippen LogP contribution in [0.25, 0.3) is 0 Å². The van der Waals surface area contributed by atoms with Crippen LogP contribution >= 0.6 is 15.9 Å². The minimum atomic E-state index is -0.234. The largest absolute Gasteiger partial charge is 0.504 e. The summed E-state index contributed by atoms with van der Waals surface area (Å²) in [6.45, 7) is 8.47. The molecule has 1 aromatic carbocycles. The first kappa shape index (κ1) is 11.8. The molecule has 88 valence electrons. The van der Waals surface area contributed by atoms with Crippen LogP contribution in [0.3, 0.4) is 0 Å². The van der Waals surface area contributed by atoms with E-state index in [2.05, 4.69) is 43.6 Å². The summed E-state index contributed by atoms with van der Waals surface area (Å²) in [6.07, 6.45) is 0.933. The molecule has 0 aromatic heterocycles. The van der Waals surface area contributed by atoms with Crippen molar-refractivity contribution in [1.29, 1.82) is 0 Å². The number of hydrogen-bond donors (Lipinski definition) is 1. The predicted octanol–water partition coefficient (Wildman–Crippen LogP) is 3.99. The fourth-order valence-corrected chi connectivity index (χ4v) is 3.11. The summed E-state index contributed by atoms with van der Waals surface area (Å²) in [4.78, 5) is 0. The van der Waals surface area contributed by atoms with Crippen LogP contribution in [-0.4, -0.2) is 10.7 Å². The Morgan fingerprint density at radius 1 is 1.25 bits per heavy atom. The Labute approximate surface area is 105 Å². The van der Waals surface area contributed by atoms with Crippen molar-refractivity contribution in [1.82, 2.24) is 0 Å². The monoisotopic (exact) mass is 284 g/mol. The maximum atomic E-state index is 9.95. The van der Waals surface area contributed by atoms with E-state index in [9.17, 15) is 5.11 Å². The van der Waals surface area contributed by atoms with E-state index in [0.29, 0.717) is 5.75 Å². The molecule has 0 unspecified atom stereocenters. The van der Waals surface area contributed by atoms with Crippen LogP contribution in [0.5, 0.6) is 11.5 Å². The van der Waals surface area contributed by atoms with Gasteiger partial charge in [-0.25, -0.2) is 0 Å². The van der Waals surface area contributed by atoms with Crippen molar-refractivity contribution in [2.45, 2.75) is 45.1 Å². The van der Waals surface area contributed by atoms with Gasteiger partial charge < -0.3 is 9.84 Å². The van der Waals surface area contributed by atoms with E-state index >= 15 is 0 Å². The summed E-state index contributed by atoms with van der Waals surface area (Å²) in [6, 6.07) is 3.71. The lowest BCUT2D eigenvalue weighted by Crippen LogP contribution is -2.41. The Balaban J connectivity index is 2.64. The molecule has 1 aliphatic heterocycles. The van der Waals surface area contributed by atoms with E-state index in [4.69, 9.17) is 4.74 Å². The maximum Gasteiger partial charge on any atom is 0.165 e. The number of phenolic OH excluding ortho intramolecular Hbond substituents is 1. The summed E-state index contributed by atoms with van der Waals surface area (Å²) >= 11 is 3.41. The van der Waals surface area contributed by atoms with Crippen LogP contribution < -0.4 is 4.74 Å².